The van der Waals surface area contributed by atoms with E-state index in [-0.39, 0.29) is 17.7 Å². The van der Waals surface area contributed by atoms with Crippen molar-refractivity contribution in [3.8, 4) is 0 Å². The van der Waals surface area contributed by atoms with Crippen molar-refractivity contribution in [3.63, 3.8) is 0 Å². The molecule has 0 bridgehead atoms. The number of nitrogens with one attached hydrogen (secondary N) is 2. The molecule has 1 aromatic rings. The average Bonchev–Trinajstić information content (AvgIpc) is 2.72. The number of halogens is 1. The van der Waals surface area contributed by atoms with E-state index in [0.29, 0.717) is 4.47 Å². The van der Waals surface area contributed by atoms with E-state index in [1.807, 2.05) is 0 Å². The SMILES string of the molecule is COC1CCCC1Nc1cn[nH]c(=O)c1Br. The van der Waals surface area contributed by atoms with Crippen molar-refractivity contribution in [2.24, 2.45) is 0 Å². The van der Waals surface area contributed by atoms with Crippen molar-refractivity contribution >= 4 is 21.6 Å². The highest BCUT2D eigenvalue weighted by Gasteiger charge is 2.27. The van der Waals surface area contributed by atoms with Gasteiger partial charge in [0.2, 0.25) is 0 Å². The van der Waals surface area contributed by atoms with E-state index < -0.39 is 0 Å². The van der Waals surface area contributed by atoms with Crippen molar-refractivity contribution in [1.29, 1.82) is 0 Å². The lowest BCUT2D eigenvalue weighted by Gasteiger charge is -2.20. The van der Waals surface area contributed by atoms with Crippen LogP contribution in [0, 0.1) is 0 Å². The van der Waals surface area contributed by atoms with Crippen molar-refractivity contribution in [2.45, 2.75) is 31.4 Å². The Morgan fingerprint density at radius 1 is 1.62 bits per heavy atom. The van der Waals surface area contributed by atoms with Crippen LogP contribution in [0.2, 0.25) is 0 Å². The summed E-state index contributed by atoms with van der Waals surface area (Å²) >= 11 is 3.24. The highest BCUT2D eigenvalue weighted by atomic mass is 79.9. The predicted octanol–water partition coefficient (Wildman–Crippen LogP) is 1.51. The molecule has 6 heteroatoms. The van der Waals surface area contributed by atoms with E-state index in [0.717, 1.165) is 24.9 Å². The standard InChI is InChI=1S/C10H14BrN3O2/c1-16-8-4-2-3-6(8)13-7-5-12-14-10(15)9(7)11/h5-6,8H,2-4H2,1H3,(H2,13,14,15). The lowest BCUT2D eigenvalue weighted by atomic mass is 10.2. The molecule has 1 saturated carbocycles. The first kappa shape index (κ1) is 11.6. The molecule has 1 heterocycles. The maximum absolute atomic E-state index is 11.3. The Bertz CT molecular complexity index is 421. The summed E-state index contributed by atoms with van der Waals surface area (Å²) < 4.78 is 5.87. The lowest BCUT2D eigenvalue weighted by molar-refractivity contribution is 0.101. The van der Waals surface area contributed by atoms with Crippen molar-refractivity contribution in [1.82, 2.24) is 10.2 Å². The highest BCUT2D eigenvalue weighted by Crippen LogP contribution is 2.26. The molecule has 2 unspecified atom stereocenters. The molecule has 1 aliphatic rings. The second-order valence-electron chi connectivity index (χ2n) is 3.88. The minimum atomic E-state index is -0.225. The second-order valence-corrected chi connectivity index (χ2v) is 4.68. The number of anilines is 1. The van der Waals surface area contributed by atoms with E-state index >= 15 is 0 Å². The van der Waals surface area contributed by atoms with Gasteiger partial charge in [-0.1, -0.05) is 0 Å². The minimum absolute atomic E-state index is 0.214. The third kappa shape index (κ3) is 2.27. The summed E-state index contributed by atoms with van der Waals surface area (Å²) in [5.74, 6) is 0. The molecule has 2 rings (SSSR count). The third-order valence-electron chi connectivity index (χ3n) is 2.89. The van der Waals surface area contributed by atoms with E-state index in [9.17, 15) is 4.79 Å². The zero-order chi connectivity index (χ0) is 11.5. The fraction of sp³-hybridized carbons (Fsp3) is 0.600. The molecule has 88 valence electrons. The molecule has 0 saturated heterocycles. The first-order valence-electron chi connectivity index (χ1n) is 5.25. The molecule has 2 atom stereocenters. The molecule has 0 amide bonds. The van der Waals surface area contributed by atoms with E-state index in [2.05, 4.69) is 31.4 Å². The van der Waals surface area contributed by atoms with Crippen molar-refractivity contribution in [3.05, 3.63) is 21.0 Å². The summed E-state index contributed by atoms with van der Waals surface area (Å²) in [5.41, 5.74) is 0.495. The average molecular weight is 288 g/mol. The summed E-state index contributed by atoms with van der Waals surface area (Å²) in [6.07, 6.45) is 5.08. The molecular formula is C10H14BrN3O2. The molecular weight excluding hydrogens is 274 g/mol. The van der Waals surface area contributed by atoms with E-state index in [1.165, 1.54) is 0 Å². The maximum Gasteiger partial charge on any atom is 0.280 e. The quantitative estimate of drug-likeness (QED) is 0.884. The lowest BCUT2D eigenvalue weighted by Crippen LogP contribution is -2.30. The smallest absolute Gasteiger partial charge is 0.280 e. The topological polar surface area (TPSA) is 67.0 Å². The molecule has 1 fully saturated rings. The van der Waals surface area contributed by atoms with Crippen LogP contribution < -0.4 is 10.9 Å². The number of aromatic amines is 1. The summed E-state index contributed by atoms with van der Waals surface area (Å²) in [6.45, 7) is 0. The van der Waals surface area contributed by atoms with Crippen LogP contribution in [0.1, 0.15) is 19.3 Å². The first-order chi connectivity index (χ1) is 7.72. The van der Waals surface area contributed by atoms with Crippen LogP contribution in [0.15, 0.2) is 15.5 Å². The van der Waals surface area contributed by atoms with Gasteiger partial charge < -0.3 is 10.1 Å². The predicted molar refractivity (Wildman–Crippen MR) is 64.6 cm³/mol. The summed E-state index contributed by atoms with van der Waals surface area (Å²) in [4.78, 5) is 11.3. The van der Waals surface area contributed by atoms with Crippen LogP contribution in [-0.2, 0) is 4.74 Å². The molecule has 0 spiro atoms. The Morgan fingerprint density at radius 3 is 3.19 bits per heavy atom. The van der Waals surface area contributed by atoms with Gasteiger partial charge in [0.05, 0.1) is 24.0 Å². The van der Waals surface area contributed by atoms with Gasteiger partial charge in [0.25, 0.3) is 5.56 Å². The maximum atomic E-state index is 11.3. The molecule has 0 radical (unpaired) electrons. The fourth-order valence-corrected chi connectivity index (χ4v) is 2.36. The van der Waals surface area contributed by atoms with E-state index in [4.69, 9.17) is 4.74 Å². The summed E-state index contributed by atoms with van der Waals surface area (Å²) in [6, 6.07) is 0.255. The van der Waals surface area contributed by atoms with Crippen LogP contribution in [0.3, 0.4) is 0 Å². The Hall–Kier alpha value is -0.880. The fourth-order valence-electron chi connectivity index (χ4n) is 2.06. The molecule has 1 aromatic heterocycles. The van der Waals surface area contributed by atoms with Gasteiger partial charge in [0.1, 0.15) is 4.47 Å². The summed E-state index contributed by atoms with van der Waals surface area (Å²) in [7, 11) is 1.72. The zero-order valence-electron chi connectivity index (χ0n) is 9.00. The Kier molecular flexibility index (Phi) is 3.60. The Labute approximate surface area is 102 Å². The van der Waals surface area contributed by atoms with Gasteiger partial charge in [-0.15, -0.1) is 0 Å². The van der Waals surface area contributed by atoms with Crippen molar-refractivity contribution < 1.29 is 4.74 Å². The molecule has 0 aliphatic heterocycles. The van der Waals surface area contributed by atoms with Crippen molar-refractivity contribution in [2.75, 3.05) is 12.4 Å². The van der Waals surface area contributed by atoms with Gasteiger partial charge >= 0.3 is 0 Å². The number of nitrogens with zero attached hydrogens (tertiary/aromatic N) is 1. The van der Waals surface area contributed by atoms with E-state index in [1.54, 1.807) is 13.3 Å². The molecule has 0 aromatic carbocycles. The van der Waals surface area contributed by atoms with Gasteiger partial charge in [-0.3, -0.25) is 4.79 Å². The largest absolute Gasteiger partial charge is 0.379 e. The number of aromatic nitrogens is 2. The van der Waals surface area contributed by atoms with Gasteiger partial charge in [0.15, 0.2) is 0 Å². The van der Waals surface area contributed by atoms with Crippen LogP contribution in [0.5, 0.6) is 0 Å². The molecule has 16 heavy (non-hydrogen) atoms. The highest BCUT2D eigenvalue weighted by molar-refractivity contribution is 9.10. The monoisotopic (exact) mass is 287 g/mol. The Morgan fingerprint density at radius 2 is 2.44 bits per heavy atom. The molecule has 2 N–H and O–H groups in total. The number of ether oxygens (including phenoxy) is 1. The van der Waals surface area contributed by atoms with Gasteiger partial charge in [-0.05, 0) is 35.2 Å². The minimum Gasteiger partial charge on any atom is -0.379 e. The summed E-state index contributed by atoms with van der Waals surface area (Å²) in [5, 5.41) is 9.43. The van der Waals surface area contributed by atoms with Gasteiger partial charge in [-0.2, -0.15) is 5.10 Å². The number of hydrogen-bond donors (Lipinski definition) is 2. The molecule has 1 aliphatic carbocycles. The third-order valence-corrected chi connectivity index (χ3v) is 3.68. The van der Waals surface area contributed by atoms with Crippen LogP contribution in [0.4, 0.5) is 5.69 Å². The zero-order valence-corrected chi connectivity index (χ0v) is 10.6. The van der Waals surface area contributed by atoms with Gasteiger partial charge in [-0.25, -0.2) is 5.10 Å². The normalized spacial score (nSPS) is 24.6. The number of H-pyrrole nitrogens is 1. The Balaban J connectivity index is 2.14. The number of methoxy groups -OCH3 is 1. The van der Waals surface area contributed by atoms with Crippen LogP contribution in [0.25, 0.3) is 0 Å². The van der Waals surface area contributed by atoms with Crippen LogP contribution >= 0.6 is 15.9 Å². The number of hydrogen-bond acceptors (Lipinski definition) is 4. The van der Waals surface area contributed by atoms with Crippen LogP contribution in [-0.4, -0.2) is 29.5 Å². The number of rotatable bonds is 3. The van der Waals surface area contributed by atoms with Gasteiger partial charge in [0, 0.05) is 7.11 Å². The molecule has 5 nitrogen and oxygen atoms in total. The first-order valence-corrected chi connectivity index (χ1v) is 6.04. The second kappa shape index (κ2) is 4.97.